The molecule has 2 rings (SSSR count). The van der Waals surface area contributed by atoms with E-state index in [9.17, 15) is 18.0 Å². The van der Waals surface area contributed by atoms with Crippen LogP contribution < -0.4 is 10.6 Å². The summed E-state index contributed by atoms with van der Waals surface area (Å²) in [6.45, 7) is -1.69. The minimum Gasteiger partial charge on any atom is -0.322 e. The second kappa shape index (κ2) is 5.94. The SMILES string of the molecule is O=C(CNCC(F)(F)F)Nc1c(Cl)ccc2scnc12. The molecule has 0 atom stereocenters. The molecule has 0 aliphatic carbocycles. The highest BCUT2D eigenvalue weighted by Gasteiger charge is 2.26. The molecule has 0 fully saturated rings. The van der Waals surface area contributed by atoms with Gasteiger partial charge < -0.3 is 10.6 Å². The van der Waals surface area contributed by atoms with Crippen LogP contribution in [0.3, 0.4) is 0 Å². The molecule has 1 aromatic carbocycles. The number of nitrogens with zero attached hydrogens (tertiary/aromatic N) is 1. The smallest absolute Gasteiger partial charge is 0.322 e. The normalized spacial score (nSPS) is 11.8. The molecular formula is C11H9ClF3N3OS. The summed E-state index contributed by atoms with van der Waals surface area (Å²) in [5, 5.41) is 4.76. The molecule has 1 heterocycles. The number of hydrogen-bond acceptors (Lipinski definition) is 4. The quantitative estimate of drug-likeness (QED) is 0.909. The summed E-state index contributed by atoms with van der Waals surface area (Å²) in [7, 11) is 0. The molecule has 0 saturated heterocycles. The fourth-order valence-corrected chi connectivity index (χ4v) is 2.41. The minimum absolute atomic E-state index is 0.285. The highest BCUT2D eigenvalue weighted by molar-refractivity contribution is 7.16. The van der Waals surface area contributed by atoms with E-state index in [-0.39, 0.29) is 5.02 Å². The first-order valence-electron chi connectivity index (χ1n) is 5.46. The standard InChI is InChI=1S/C11H9ClF3N3OS/c12-6-1-2-7-10(17-5-20-7)9(6)18-8(19)3-16-4-11(13,14)15/h1-2,5,16H,3-4H2,(H,18,19). The molecule has 108 valence electrons. The van der Waals surface area contributed by atoms with Crippen LogP contribution in [0.1, 0.15) is 0 Å². The van der Waals surface area contributed by atoms with E-state index in [4.69, 9.17) is 11.6 Å². The van der Waals surface area contributed by atoms with Crippen molar-refractivity contribution in [3.63, 3.8) is 0 Å². The molecule has 0 bridgehead atoms. The van der Waals surface area contributed by atoms with Gasteiger partial charge in [0.15, 0.2) is 0 Å². The van der Waals surface area contributed by atoms with Gasteiger partial charge in [-0.3, -0.25) is 4.79 Å². The zero-order valence-electron chi connectivity index (χ0n) is 9.92. The predicted octanol–water partition coefficient (Wildman–Crippen LogP) is 3.04. The number of alkyl halides is 3. The molecule has 0 aliphatic rings. The number of rotatable bonds is 4. The van der Waals surface area contributed by atoms with Crippen LogP contribution in [0, 0.1) is 0 Å². The molecule has 0 spiro atoms. The fraction of sp³-hybridized carbons (Fsp3) is 0.273. The summed E-state index contributed by atoms with van der Waals surface area (Å²) in [6.07, 6.45) is -4.35. The lowest BCUT2D eigenvalue weighted by Gasteiger charge is -2.10. The van der Waals surface area contributed by atoms with E-state index in [1.807, 2.05) is 5.32 Å². The van der Waals surface area contributed by atoms with E-state index in [0.29, 0.717) is 11.2 Å². The number of benzene rings is 1. The Morgan fingerprint density at radius 3 is 2.85 bits per heavy atom. The molecule has 1 aromatic heterocycles. The van der Waals surface area contributed by atoms with Crippen molar-refractivity contribution >= 4 is 44.7 Å². The maximum Gasteiger partial charge on any atom is 0.401 e. The lowest BCUT2D eigenvalue weighted by Crippen LogP contribution is -2.35. The Morgan fingerprint density at radius 1 is 1.40 bits per heavy atom. The second-order valence-corrected chi connectivity index (χ2v) is 5.18. The van der Waals surface area contributed by atoms with Crippen molar-refractivity contribution in [1.29, 1.82) is 0 Å². The number of hydrogen-bond donors (Lipinski definition) is 2. The Balaban J connectivity index is 2.03. The van der Waals surface area contributed by atoms with Gasteiger partial charge in [0, 0.05) is 0 Å². The van der Waals surface area contributed by atoms with Crippen molar-refractivity contribution < 1.29 is 18.0 Å². The average molecular weight is 324 g/mol. The Bertz CT molecular complexity index is 629. The van der Waals surface area contributed by atoms with Crippen molar-refractivity contribution in [2.24, 2.45) is 0 Å². The number of amides is 1. The lowest BCUT2D eigenvalue weighted by atomic mass is 10.3. The molecule has 0 unspecified atom stereocenters. The monoisotopic (exact) mass is 323 g/mol. The van der Waals surface area contributed by atoms with Gasteiger partial charge in [0.2, 0.25) is 5.91 Å². The number of fused-ring (bicyclic) bond motifs is 1. The Kier molecular flexibility index (Phi) is 4.46. The van der Waals surface area contributed by atoms with Gasteiger partial charge in [0.1, 0.15) is 5.52 Å². The maximum atomic E-state index is 11.9. The van der Waals surface area contributed by atoms with Gasteiger partial charge in [-0.05, 0) is 12.1 Å². The third kappa shape index (κ3) is 3.81. The first kappa shape index (κ1) is 15.0. The van der Waals surface area contributed by atoms with Crippen molar-refractivity contribution in [2.75, 3.05) is 18.4 Å². The Labute approximate surface area is 120 Å². The van der Waals surface area contributed by atoms with Gasteiger partial charge >= 0.3 is 6.18 Å². The summed E-state index contributed by atoms with van der Waals surface area (Å²) in [6, 6.07) is 3.35. The van der Waals surface area contributed by atoms with E-state index >= 15 is 0 Å². The van der Waals surface area contributed by atoms with Crippen LogP contribution in [0.4, 0.5) is 18.9 Å². The van der Waals surface area contributed by atoms with Crippen LogP contribution in [0.25, 0.3) is 10.2 Å². The van der Waals surface area contributed by atoms with Crippen molar-refractivity contribution in [2.45, 2.75) is 6.18 Å². The molecule has 0 saturated carbocycles. The van der Waals surface area contributed by atoms with Crippen molar-refractivity contribution in [3.8, 4) is 0 Å². The topological polar surface area (TPSA) is 54.0 Å². The van der Waals surface area contributed by atoms with E-state index in [2.05, 4.69) is 10.3 Å². The third-order valence-corrected chi connectivity index (χ3v) is 3.44. The number of nitrogens with one attached hydrogen (secondary N) is 2. The van der Waals surface area contributed by atoms with Gasteiger partial charge in [-0.15, -0.1) is 11.3 Å². The van der Waals surface area contributed by atoms with Crippen LogP contribution in [-0.2, 0) is 4.79 Å². The largest absolute Gasteiger partial charge is 0.401 e. The van der Waals surface area contributed by atoms with Crippen molar-refractivity contribution in [3.05, 3.63) is 22.7 Å². The number of thiazole rings is 1. The number of carbonyl (C=O) groups is 1. The highest BCUT2D eigenvalue weighted by atomic mass is 35.5. The molecule has 0 aliphatic heterocycles. The zero-order chi connectivity index (χ0) is 14.8. The third-order valence-electron chi connectivity index (χ3n) is 2.33. The molecule has 20 heavy (non-hydrogen) atoms. The second-order valence-electron chi connectivity index (χ2n) is 3.89. The Hall–Kier alpha value is -1.38. The minimum atomic E-state index is -4.35. The molecule has 2 N–H and O–H groups in total. The average Bonchev–Trinajstić information content (AvgIpc) is 2.79. The lowest BCUT2D eigenvalue weighted by molar-refractivity contribution is -0.126. The van der Waals surface area contributed by atoms with E-state index < -0.39 is 25.2 Å². The molecule has 9 heteroatoms. The summed E-state index contributed by atoms with van der Waals surface area (Å²) in [4.78, 5) is 15.7. The maximum absolute atomic E-state index is 11.9. The van der Waals surface area contributed by atoms with Gasteiger partial charge in [-0.25, -0.2) is 4.98 Å². The van der Waals surface area contributed by atoms with Crippen LogP contribution in [-0.4, -0.2) is 30.2 Å². The number of aromatic nitrogens is 1. The van der Waals surface area contributed by atoms with Crippen molar-refractivity contribution in [1.82, 2.24) is 10.3 Å². The van der Waals surface area contributed by atoms with E-state index in [1.54, 1.807) is 17.6 Å². The van der Waals surface area contributed by atoms with Crippen LogP contribution in [0.15, 0.2) is 17.6 Å². The van der Waals surface area contributed by atoms with Gasteiger partial charge in [-0.2, -0.15) is 13.2 Å². The number of carbonyl (C=O) groups excluding carboxylic acids is 1. The number of halogens is 4. The summed E-state index contributed by atoms with van der Waals surface area (Å²) in [5.41, 5.74) is 2.43. The number of anilines is 1. The van der Waals surface area contributed by atoms with E-state index in [1.165, 1.54) is 11.3 Å². The zero-order valence-corrected chi connectivity index (χ0v) is 11.5. The van der Waals surface area contributed by atoms with Crippen LogP contribution in [0.5, 0.6) is 0 Å². The summed E-state index contributed by atoms with van der Waals surface area (Å²) < 4.78 is 36.6. The summed E-state index contributed by atoms with van der Waals surface area (Å²) >= 11 is 7.33. The first-order chi connectivity index (χ1) is 9.37. The molecule has 4 nitrogen and oxygen atoms in total. The highest BCUT2D eigenvalue weighted by Crippen LogP contribution is 2.32. The Morgan fingerprint density at radius 2 is 2.15 bits per heavy atom. The van der Waals surface area contributed by atoms with Gasteiger partial charge in [0.05, 0.1) is 34.0 Å². The van der Waals surface area contributed by atoms with Crippen LogP contribution >= 0.6 is 22.9 Å². The fourth-order valence-electron chi connectivity index (χ4n) is 1.53. The van der Waals surface area contributed by atoms with E-state index in [0.717, 1.165) is 4.70 Å². The van der Waals surface area contributed by atoms with Crippen LogP contribution in [0.2, 0.25) is 5.02 Å². The molecule has 2 aromatic rings. The molecular weight excluding hydrogens is 315 g/mol. The molecule has 1 amide bonds. The predicted molar refractivity (Wildman–Crippen MR) is 72.2 cm³/mol. The molecule has 0 radical (unpaired) electrons. The summed E-state index contributed by atoms with van der Waals surface area (Å²) in [5.74, 6) is -0.614. The van der Waals surface area contributed by atoms with Gasteiger partial charge in [-0.1, -0.05) is 11.6 Å². The van der Waals surface area contributed by atoms with Gasteiger partial charge in [0.25, 0.3) is 0 Å². The first-order valence-corrected chi connectivity index (χ1v) is 6.71.